The van der Waals surface area contributed by atoms with E-state index in [2.05, 4.69) is 9.55 Å². The average Bonchev–Trinajstić information content (AvgIpc) is 3.06. The molecular formula is C18H18FN3O2S. The first-order valence-electron chi connectivity index (χ1n) is 8.23. The van der Waals surface area contributed by atoms with Crippen molar-refractivity contribution in [3.63, 3.8) is 0 Å². The molecule has 1 aliphatic heterocycles. The minimum Gasteiger partial charge on any atom is -0.327 e. The monoisotopic (exact) mass is 359 g/mol. The average molecular weight is 359 g/mol. The summed E-state index contributed by atoms with van der Waals surface area (Å²) in [6, 6.07) is 13.3. The van der Waals surface area contributed by atoms with Crippen molar-refractivity contribution in [2.45, 2.75) is 23.8 Å². The number of rotatable bonds is 3. The van der Waals surface area contributed by atoms with Gasteiger partial charge in [0.1, 0.15) is 5.82 Å². The van der Waals surface area contributed by atoms with Crippen molar-refractivity contribution >= 4 is 21.1 Å². The molecule has 25 heavy (non-hydrogen) atoms. The molecule has 0 atom stereocenters. The van der Waals surface area contributed by atoms with Gasteiger partial charge in [-0.2, -0.15) is 4.31 Å². The van der Waals surface area contributed by atoms with E-state index in [1.165, 1.54) is 22.5 Å². The molecule has 0 amide bonds. The Morgan fingerprint density at radius 3 is 2.56 bits per heavy atom. The Kier molecular flexibility index (Phi) is 4.05. The summed E-state index contributed by atoms with van der Waals surface area (Å²) in [5.74, 6) is -0.541. The van der Waals surface area contributed by atoms with Crippen molar-refractivity contribution < 1.29 is 12.8 Å². The molecule has 3 aromatic rings. The number of halogens is 1. The smallest absolute Gasteiger partial charge is 0.243 e. The largest absolute Gasteiger partial charge is 0.327 e. The van der Waals surface area contributed by atoms with E-state index >= 15 is 0 Å². The van der Waals surface area contributed by atoms with Crippen LogP contribution in [-0.4, -0.2) is 35.4 Å². The Morgan fingerprint density at radius 1 is 1.04 bits per heavy atom. The number of fused-ring (bicyclic) bond motifs is 1. The fourth-order valence-corrected chi connectivity index (χ4v) is 4.91. The van der Waals surface area contributed by atoms with E-state index < -0.39 is 15.8 Å². The molecule has 1 saturated heterocycles. The molecule has 7 heteroatoms. The molecule has 130 valence electrons. The SMILES string of the molecule is O=S(=O)(c1cccc(F)c1)N1CCC(n2cnc3ccccc32)CC1. The number of hydrogen-bond donors (Lipinski definition) is 0. The van der Waals surface area contributed by atoms with Crippen molar-refractivity contribution in [2.24, 2.45) is 0 Å². The van der Waals surface area contributed by atoms with Crippen LogP contribution >= 0.6 is 0 Å². The number of benzene rings is 2. The zero-order chi connectivity index (χ0) is 17.4. The molecule has 4 rings (SSSR count). The molecule has 1 aliphatic rings. The van der Waals surface area contributed by atoms with Gasteiger partial charge < -0.3 is 4.57 Å². The summed E-state index contributed by atoms with van der Waals surface area (Å²) >= 11 is 0. The molecular weight excluding hydrogens is 341 g/mol. The van der Waals surface area contributed by atoms with Gasteiger partial charge in [0.05, 0.1) is 22.3 Å². The normalized spacial score (nSPS) is 17.2. The summed E-state index contributed by atoms with van der Waals surface area (Å²) in [7, 11) is -3.65. The zero-order valence-corrected chi connectivity index (χ0v) is 14.4. The van der Waals surface area contributed by atoms with Crippen LogP contribution in [0.25, 0.3) is 11.0 Å². The van der Waals surface area contributed by atoms with E-state index in [4.69, 9.17) is 0 Å². The minimum absolute atomic E-state index is 0.0130. The Hall–Kier alpha value is -2.25. The molecule has 0 radical (unpaired) electrons. The third-order valence-electron chi connectivity index (χ3n) is 4.73. The van der Waals surface area contributed by atoms with Gasteiger partial charge in [-0.1, -0.05) is 18.2 Å². The fourth-order valence-electron chi connectivity index (χ4n) is 3.41. The third-order valence-corrected chi connectivity index (χ3v) is 6.63. The predicted molar refractivity (Wildman–Crippen MR) is 93.2 cm³/mol. The maximum atomic E-state index is 13.4. The van der Waals surface area contributed by atoms with Gasteiger partial charge in [-0.3, -0.25) is 0 Å². The maximum Gasteiger partial charge on any atom is 0.243 e. The van der Waals surface area contributed by atoms with Crippen molar-refractivity contribution in [3.05, 3.63) is 60.7 Å². The summed E-state index contributed by atoms with van der Waals surface area (Å²) in [5, 5.41) is 0. The third kappa shape index (κ3) is 2.94. The molecule has 2 heterocycles. The lowest BCUT2D eigenvalue weighted by atomic mass is 10.1. The Bertz CT molecular complexity index is 1010. The van der Waals surface area contributed by atoms with Crippen LogP contribution in [0.1, 0.15) is 18.9 Å². The van der Waals surface area contributed by atoms with Crippen molar-refractivity contribution in [3.8, 4) is 0 Å². The van der Waals surface area contributed by atoms with E-state index in [-0.39, 0.29) is 10.9 Å². The van der Waals surface area contributed by atoms with E-state index in [0.717, 1.165) is 17.1 Å². The summed E-state index contributed by atoms with van der Waals surface area (Å²) < 4.78 is 42.3. The highest BCUT2D eigenvalue weighted by molar-refractivity contribution is 7.89. The van der Waals surface area contributed by atoms with Gasteiger partial charge in [-0.05, 0) is 43.2 Å². The Morgan fingerprint density at radius 2 is 1.80 bits per heavy atom. The molecule has 5 nitrogen and oxygen atoms in total. The molecule has 0 N–H and O–H groups in total. The van der Waals surface area contributed by atoms with Gasteiger partial charge in [0.2, 0.25) is 10.0 Å². The van der Waals surface area contributed by atoms with Crippen molar-refractivity contribution in [1.82, 2.24) is 13.9 Å². The van der Waals surface area contributed by atoms with Gasteiger partial charge in [0.25, 0.3) is 0 Å². The highest BCUT2D eigenvalue weighted by Gasteiger charge is 2.30. The molecule has 0 bridgehead atoms. The number of aromatic nitrogens is 2. The maximum absolute atomic E-state index is 13.4. The van der Waals surface area contributed by atoms with Crippen molar-refractivity contribution in [1.29, 1.82) is 0 Å². The second kappa shape index (κ2) is 6.24. The van der Waals surface area contributed by atoms with Crippen LogP contribution in [0.2, 0.25) is 0 Å². The number of sulfonamides is 1. The lowest BCUT2D eigenvalue weighted by molar-refractivity contribution is 0.277. The van der Waals surface area contributed by atoms with Gasteiger partial charge >= 0.3 is 0 Å². The van der Waals surface area contributed by atoms with Crippen molar-refractivity contribution in [2.75, 3.05) is 13.1 Å². The van der Waals surface area contributed by atoms with Crippen LogP contribution in [0, 0.1) is 5.82 Å². The molecule has 2 aromatic carbocycles. The minimum atomic E-state index is -3.65. The van der Waals surface area contributed by atoms with Crippen LogP contribution in [0.3, 0.4) is 0 Å². The van der Waals surface area contributed by atoms with Gasteiger partial charge in [0.15, 0.2) is 0 Å². The first-order valence-corrected chi connectivity index (χ1v) is 9.67. The highest BCUT2D eigenvalue weighted by atomic mass is 32.2. The zero-order valence-electron chi connectivity index (χ0n) is 13.5. The number of imidazole rings is 1. The standard InChI is InChI=1S/C18H18FN3O2S/c19-14-4-3-5-16(12-14)25(23,24)21-10-8-15(9-11-21)22-13-20-17-6-1-2-7-18(17)22/h1-7,12-13,15H,8-11H2. The van der Waals surface area contributed by atoms with Gasteiger partial charge in [0, 0.05) is 19.1 Å². The van der Waals surface area contributed by atoms with E-state index in [1.807, 2.05) is 30.6 Å². The van der Waals surface area contributed by atoms with Gasteiger partial charge in [-0.15, -0.1) is 0 Å². The van der Waals surface area contributed by atoms with Gasteiger partial charge in [-0.25, -0.2) is 17.8 Å². The first-order chi connectivity index (χ1) is 12.1. The molecule has 0 unspecified atom stereocenters. The number of piperidine rings is 1. The van der Waals surface area contributed by atoms with Crippen LogP contribution in [0.15, 0.2) is 59.8 Å². The number of hydrogen-bond acceptors (Lipinski definition) is 3. The first kappa shape index (κ1) is 16.2. The van der Waals surface area contributed by atoms with E-state index in [9.17, 15) is 12.8 Å². The molecule has 0 spiro atoms. The van der Waals surface area contributed by atoms with Crippen LogP contribution in [0.5, 0.6) is 0 Å². The second-order valence-electron chi connectivity index (χ2n) is 6.23. The van der Waals surface area contributed by atoms with Crippen LogP contribution in [0.4, 0.5) is 4.39 Å². The summed E-state index contributed by atoms with van der Waals surface area (Å²) in [6.07, 6.45) is 3.23. The predicted octanol–water partition coefficient (Wildman–Crippen LogP) is 3.20. The lowest BCUT2D eigenvalue weighted by Crippen LogP contribution is -2.39. The second-order valence-corrected chi connectivity index (χ2v) is 8.17. The topological polar surface area (TPSA) is 55.2 Å². The molecule has 1 aromatic heterocycles. The quantitative estimate of drug-likeness (QED) is 0.722. The van der Waals surface area contributed by atoms with E-state index in [1.54, 1.807) is 0 Å². The fraction of sp³-hybridized carbons (Fsp3) is 0.278. The summed E-state index contributed by atoms with van der Waals surface area (Å²) in [4.78, 5) is 4.42. The number of para-hydroxylation sites is 2. The number of nitrogens with zero attached hydrogens (tertiary/aromatic N) is 3. The Labute approximate surface area is 145 Å². The molecule has 0 aliphatic carbocycles. The summed E-state index contributed by atoms with van der Waals surface area (Å²) in [5.41, 5.74) is 2.01. The molecule has 1 fully saturated rings. The van der Waals surface area contributed by atoms with Crippen LogP contribution < -0.4 is 0 Å². The molecule has 0 saturated carbocycles. The van der Waals surface area contributed by atoms with E-state index in [0.29, 0.717) is 25.9 Å². The lowest BCUT2D eigenvalue weighted by Gasteiger charge is -2.32. The highest BCUT2D eigenvalue weighted by Crippen LogP contribution is 2.29. The summed E-state index contributed by atoms with van der Waals surface area (Å²) in [6.45, 7) is 0.825. The Balaban J connectivity index is 1.53. The van der Waals surface area contributed by atoms with Crippen LogP contribution in [-0.2, 0) is 10.0 Å².